The lowest BCUT2D eigenvalue weighted by molar-refractivity contribution is -0.117. The molecular formula is C15H20N4O2S. The van der Waals surface area contributed by atoms with Gasteiger partial charge in [0.2, 0.25) is 5.91 Å². The van der Waals surface area contributed by atoms with Crippen LogP contribution in [0.3, 0.4) is 0 Å². The maximum Gasteiger partial charge on any atom is 0.256 e. The molecule has 1 aliphatic heterocycles. The molecule has 2 rings (SSSR count). The zero-order chi connectivity index (χ0) is 16.1. The maximum atomic E-state index is 12.7. The van der Waals surface area contributed by atoms with Gasteiger partial charge in [-0.25, -0.2) is 0 Å². The number of carbonyl (C=O) groups excluding carboxylic acids is 2. The van der Waals surface area contributed by atoms with Crippen molar-refractivity contribution >= 4 is 34.8 Å². The van der Waals surface area contributed by atoms with E-state index in [1.54, 1.807) is 12.1 Å². The Labute approximate surface area is 135 Å². The molecular weight excluding hydrogens is 300 g/mol. The predicted octanol–water partition coefficient (Wildman–Crippen LogP) is 0.907. The fourth-order valence-electron chi connectivity index (χ4n) is 2.27. The van der Waals surface area contributed by atoms with Crippen molar-refractivity contribution in [3.63, 3.8) is 0 Å². The number of thiocarbonyl (C=S) groups is 1. The average molecular weight is 320 g/mol. The minimum atomic E-state index is -0.250. The Morgan fingerprint density at radius 1 is 1.14 bits per heavy atom. The zero-order valence-corrected chi connectivity index (χ0v) is 13.6. The van der Waals surface area contributed by atoms with Crippen molar-refractivity contribution in [1.29, 1.82) is 0 Å². The van der Waals surface area contributed by atoms with Crippen molar-refractivity contribution in [2.24, 2.45) is 0 Å². The number of hydrogen-bond acceptors (Lipinski definition) is 4. The third-order valence-corrected chi connectivity index (χ3v) is 3.69. The van der Waals surface area contributed by atoms with E-state index in [9.17, 15) is 9.59 Å². The molecule has 2 amide bonds. The Hall–Kier alpha value is -1.99. The summed E-state index contributed by atoms with van der Waals surface area (Å²) in [6, 6.07) is 7.17. The first-order valence-corrected chi connectivity index (χ1v) is 7.53. The Kier molecular flexibility index (Phi) is 5.46. The molecule has 0 atom stereocenters. The van der Waals surface area contributed by atoms with Gasteiger partial charge in [-0.05, 0) is 31.4 Å². The highest BCUT2D eigenvalue weighted by atomic mass is 32.1. The van der Waals surface area contributed by atoms with E-state index in [1.165, 1.54) is 6.92 Å². The van der Waals surface area contributed by atoms with Crippen LogP contribution in [0.4, 0.5) is 5.69 Å². The van der Waals surface area contributed by atoms with Gasteiger partial charge in [-0.1, -0.05) is 12.1 Å². The Morgan fingerprint density at radius 3 is 2.41 bits per heavy atom. The van der Waals surface area contributed by atoms with Gasteiger partial charge in [0.15, 0.2) is 5.11 Å². The normalized spacial score (nSPS) is 15.3. The molecule has 22 heavy (non-hydrogen) atoms. The molecule has 1 aromatic carbocycles. The third kappa shape index (κ3) is 4.25. The fraction of sp³-hybridized carbons (Fsp3) is 0.400. The molecule has 2 N–H and O–H groups in total. The average Bonchev–Trinajstić information content (AvgIpc) is 2.47. The molecule has 0 spiro atoms. The van der Waals surface area contributed by atoms with Gasteiger partial charge in [-0.2, -0.15) is 0 Å². The number of rotatable bonds is 2. The van der Waals surface area contributed by atoms with Crippen LogP contribution < -0.4 is 10.6 Å². The molecule has 0 radical (unpaired) electrons. The number of carbonyl (C=O) groups is 2. The van der Waals surface area contributed by atoms with E-state index in [-0.39, 0.29) is 16.9 Å². The Balaban J connectivity index is 2.12. The number of benzene rings is 1. The first-order valence-electron chi connectivity index (χ1n) is 7.13. The largest absolute Gasteiger partial charge is 0.336 e. The molecule has 0 saturated carbocycles. The summed E-state index contributed by atoms with van der Waals surface area (Å²) in [4.78, 5) is 27.7. The molecule has 0 aliphatic carbocycles. The number of piperazine rings is 1. The van der Waals surface area contributed by atoms with Gasteiger partial charge >= 0.3 is 0 Å². The topological polar surface area (TPSA) is 64.7 Å². The Bertz CT molecular complexity index is 583. The molecule has 6 nitrogen and oxygen atoms in total. The predicted molar refractivity (Wildman–Crippen MR) is 89.9 cm³/mol. The highest BCUT2D eigenvalue weighted by Crippen LogP contribution is 2.18. The molecule has 0 unspecified atom stereocenters. The number of nitrogens with one attached hydrogen (secondary N) is 2. The summed E-state index contributed by atoms with van der Waals surface area (Å²) >= 11 is 5.06. The minimum Gasteiger partial charge on any atom is -0.336 e. The van der Waals surface area contributed by atoms with E-state index >= 15 is 0 Å². The summed E-state index contributed by atoms with van der Waals surface area (Å²) in [7, 11) is 2.04. The monoisotopic (exact) mass is 320 g/mol. The Morgan fingerprint density at radius 2 is 1.77 bits per heavy atom. The van der Waals surface area contributed by atoms with E-state index < -0.39 is 0 Å². The number of hydrogen-bond donors (Lipinski definition) is 2. The van der Waals surface area contributed by atoms with E-state index in [4.69, 9.17) is 12.2 Å². The number of anilines is 1. The minimum absolute atomic E-state index is 0.0261. The van der Waals surface area contributed by atoms with Crippen LogP contribution in [0.1, 0.15) is 17.3 Å². The summed E-state index contributed by atoms with van der Waals surface area (Å²) in [5, 5.41) is 5.59. The highest BCUT2D eigenvalue weighted by Gasteiger charge is 2.22. The first-order chi connectivity index (χ1) is 10.5. The number of likely N-dealkylation sites (N-methyl/N-ethyl adjacent to an activating group) is 1. The standard InChI is InChI=1S/C15H20N4O2S/c1-11(20)16-15(22)17-13-6-4-3-5-12(13)14(21)19-9-7-18(2)8-10-19/h3-6H,7-10H2,1-2H3,(H2,16,17,20,22). The van der Waals surface area contributed by atoms with Gasteiger partial charge in [0, 0.05) is 33.1 Å². The van der Waals surface area contributed by atoms with Crippen LogP contribution in [0.15, 0.2) is 24.3 Å². The van der Waals surface area contributed by atoms with Crippen LogP contribution in [0.25, 0.3) is 0 Å². The van der Waals surface area contributed by atoms with Crippen LogP contribution in [-0.2, 0) is 4.79 Å². The van der Waals surface area contributed by atoms with Crippen LogP contribution in [-0.4, -0.2) is 60.0 Å². The smallest absolute Gasteiger partial charge is 0.256 e. The van der Waals surface area contributed by atoms with Gasteiger partial charge in [-0.3, -0.25) is 9.59 Å². The summed E-state index contributed by atoms with van der Waals surface area (Å²) in [6.45, 7) is 4.53. The van der Waals surface area contributed by atoms with Gasteiger partial charge in [0.1, 0.15) is 0 Å². The second kappa shape index (κ2) is 7.33. The van der Waals surface area contributed by atoms with Gasteiger partial charge in [-0.15, -0.1) is 0 Å². The zero-order valence-electron chi connectivity index (χ0n) is 12.8. The van der Waals surface area contributed by atoms with Crippen LogP contribution >= 0.6 is 12.2 Å². The molecule has 0 aromatic heterocycles. The highest BCUT2D eigenvalue weighted by molar-refractivity contribution is 7.80. The van der Waals surface area contributed by atoms with Gasteiger partial charge in [0.25, 0.3) is 5.91 Å². The van der Waals surface area contributed by atoms with Gasteiger partial charge in [0.05, 0.1) is 11.3 Å². The molecule has 1 aromatic rings. The molecule has 1 fully saturated rings. The molecule has 1 heterocycles. The van der Waals surface area contributed by atoms with Crippen molar-refractivity contribution in [2.45, 2.75) is 6.92 Å². The van der Waals surface area contributed by atoms with E-state index in [1.807, 2.05) is 24.1 Å². The van der Waals surface area contributed by atoms with Crippen LogP contribution in [0, 0.1) is 0 Å². The second-order valence-electron chi connectivity index (χ2n) is 5.28. The molecule has 0 bridgehead atoms. The number of para-hydroxylation sites is 1. The number of amides is 2. The van der Waals surface area contributed by atoms with Crippen molar-refractivity contribution in [3.8, 4) is 0 Å². The SMILES string of the molecule is CC(=O)NC(=S)Nc1ccccc1C(=O)N1CCN(C)CC1. The lowest BCUT2D eigenvalue weighted by Gasteiger charge is -2.32. The lowest BCUT2D eigenvalue weighted by atomic mass is 10.1. The van der Waals surface area contributed by atoms with Crippen molar-refractivity contribution in [1.82, 2.24) is 15.1 Å². The molecule has 118 valence electrons. The fourth-order valence-corrected chi connectivity index (χ4v) is 2.53. The summed E-state index contributed by atoms with van der Waals surface area (Å²) in [6.07, 6.45) is 0. The molecule has 1 saturated heterocycles. The van der Waals surface area contributed by atoms with Gasteiger partial charge < -0.3 is 20.4 Å². The van der Waals surface area contributed by atoms with E-state index in [2.05, 4.69) is 15.5 Å². The first kappa shape index (κ1) is 16.4. The van der Waals surface area contributed by atoms with Crippen molar-refractivity contribution < 1.29 is 9.59 Å². The van der Waals surface area contributed by atoms with Crippen molar-refractivity contribution in [3.05, 3.63) is 29.8 Å². The molecule has 1 aliphatic rings. The second-order valence-corrected chi connectivity index (χ2v) is 5.68. The third-order valence-electron chi connectivity index (χ3n) is 3.49. The summed E-state index contributed by atoms with van der Waals surface area (Å²) in [5.41, 5.74) is 1.16. The quantitative estimate of drug-likeness (QED) is 0.793. The van der Waals surface area contributed by atoms with Crippen molar-refractivity contribution in [2.75, 3.05) is 38.5 Å². The maximum absolute atomic E-state index is 12.7. The van der Waals surface area contributed by atoms with E-state index in [0.717, 1.165) is 13.1 Å². The van der Waals surface area contributed by atoms with E-state index in [0.29, 0.717) is 24.3 Å². The summed E-state index contributed by atoms with van der Waals surface area (Å²) < 4.78 is 0. The van der Waals surface area contributed by atoms with Crippen LogP contribution in [0.5, 0.6) is 0 Å². The summed E-state index contributed by atoms with van der Waals surface area (Å²) in [5.74, 6) is -0.276. The molecule has 7 heteroatoms. The number of nitrogens with zero attached hydrogens (tertiary/aromatic N) is 2. The van der Waals surface area contributed by atoms with Crippen LogP contribution in [0.2, 0.25) is 0 Å². The lowest BCUT2D eigenvalue weighted by Crippen LogP contribution is -2.47.